The van der Waals surface area contributed by atoms with Crippen molar-refractivity contribution in [2.24, 2.45) is 0 Å². The maximum atomic E-state index is 5.57. The van der Waals surface area contributed by atoms with Crippen LogP contribution < -0.4 is 5.48 Å². The van der Waals surface area contributed by atoms with E-state index in [1.165, 1.54) is 33.4 Å². The second kappa shape index (κ2) is 6.53. The van der Waals surface area contributed by atoms with E-state index in [9.17, 15) is 0 Å². The van der Waals surface area contributed by atoms with Crippen LogP contribution >= 0.6 is 0 Å². The Morgan fingerprint density at radius 3 is 1.86 bits per heavy atom. The van der Waals surface area contributed by atoms with Gasteiger partial charge in [-0.3, -0.25) is 4.84 Å². The molecule has 0 aliphatic rings. The number of nitrogens with one attached hydrogen (secondary N) is 1. The molecule has 0 aliphatic carbocycles. The number of benzene rings is 1. The van der Waals surface area contributed by atoms with Crippen molar-refractivity contribution < 1.29 is 9.36 Å². The van der Waals surface area contributed by atoms with Crippen LogP contribution in [-0.2, 0) is 11.3 Å². The van der Waals surface area contributed by atoms with Gasteiger partial charge in [-0.05, 0) is 88.3 Å². The number of rotatable bonds is 5. The van der Waals surface area contributed by atoms with Crippen molar-refractivity contribution in [3.05, 3.63) is 44.7 Å². The summed E-state index contributed by atoms with van der Waals surface area (Å²) in [5.74, 6) is 1.46. The summed E-state index contributed by atoms with van der Waals surface area (Å²) in [5, 5.41) is 3.92. The minimum Gasteiger partial charge on any atom is -0.359 e. The first-order valence-corrected chi connectivity index (χ1v) is 7.71. The van der Waals surface area contributed by atoms with E-state index in [0.29, 0.717) is 12.4 Å². The number of nitrogens with zero attached hydrogens (tertiary/aromatic N) is 1. The lowest BCUT2D eigenvalue weighted by molar-refractivity contribution is 0.193. The minimum absolute atomic E-state index is 0.592. The van der Waals surface area contributed by atoms with Gasteiger partial charge < -0.3 is 4.52 Å². The van der Waals surface area contributed by atoms with Crippen LogP contribution in [0, 0.1) is 48.5 Å². The molecule has 1 aromatic carbocycles. The van der Waals surface area contributed by atoms with Crippen LogP contribution in [0.4, 0.5) is 5.82 Å². The molecule has 0 atom stereocenters. The number of hydrogen-bond donors (Lipinski definition) is 1. The number of hydrogen-bond acceptors (Lipinski definition) is 4. The molecule has 0 amide bonds. The van der Waals surface area contributed by atoms with Gasteiger partial charge in [0.25, 0.3) is 0 Å². The third-order valence-corrected chi connectivity index (χ3v) is 4.94. The second-order valence-corrected chi connectivity index (χ2v) is 6.02. The van der Waals surface area contributed by atoms with Crippen molar-refractivity contribution in [2.75, 3.05) is 12.1 Å². The SMILES string of the molecule is Cc1onc(NOCCc2c(C)c(C)c(C)c(C)c2C)c1C. The zero-order valence-electron chi connectivity index (χ0n) is 14.7. The molecule has 4 heteroatoms. The molecule has 0 bridgehead atoms. The first kappa shape index (κ1) is 16.6. The van der Waals surface area contributed by atoms with E-state index >= 15 is 0 Å². The molecule has 1 aromatic heterocycles. The van der Waals surface area contributed by atoms with Crippen molar-refractivity contribution in [3.63, 3.8) is 0 Å². The van der Waals surface area contributed by atoms with Gasteiger partial charge in [0, 0.05) is 5.56 Å². The Labute approximate surface area is 132 Å². The maximum Gasteiger partial charge on any atom is 0.196 e. The van der Waals surface area contributed by atoms with Gasteiger partial charge in [-0.25, -0.2) is 5.48 Å². The van der Waals surface area contributed by atoms with Crippen LogP contribution in [0.5, 0.6) is 0 Å². The van der Waals surface area contributed by atoms with Gasteiger partial charge in [0.2, 0.25) is 0 Å². The Morgan fingerprint density at radius 2 is 1.36 bits per heavy atom. The smallest absolute Gasteiger partial charge is 0.196 e. The Morgan fingerprint density at radius 1 is 0.818 bits per heavy atom. The van der Waals surface area contributed by atoms with Crippen molar-refractivity contribution in [1.29, 1.82) is 0 Å². The zero-order valence-corrected chi connectivity index (χ0v) is 14.7. The molecule has 4 nitrogen and oxygen atoms in total. The summed E-state index contributed by atoms with van der Waals surface area (Å²) < 4.78 is 5.10. The average molecular weight is 302 g/mol. The molecule has 0 saturated heterocycles. The van der Waals surface area contributed by atoms with Gasteiger partial charge in [-0.1, -0.05) is 5.16 Å². The topological polar surface area (TPSA) is 47.3 Å². The molecule has 0 saturated carbocycles. The molecule has 0 spiro atoms. The predicted molar refractivity (Wildman–Crippen MR) is 89.4 cm³/mol. The summed E-state index contributed by atoms with van der Waals surface area (Å²) in [7, 11) is 0. The monoisotopic (exact) mass is 302 g/mol. The summed E-state index contributed by atoms with van der Waals surface area (Å²) >= 11 is 0. The van der Waals surface area contributed by atoms with Gasteiger partial charge in [-0.15, -0.1) is 0 Å². The Balaban J connectivity index is 2.02. The summed E-state index contributed by atoms with van der Waals surface area (Å²) in [6.07, 6.45) is 0.877. The third kappa shape index (κ3) is 3.02. The van der Waals surface area contributed by atoms with Crippen LogP contribution in [0.2, 0.25) is 0 Å². The van der Waals surface area contributed by atoms with Crippen molar-refractivity contribution in [2.45, 2.75) is 54.9 Å². The van der Waals surface area contributed by atoms with Crippen LogP contribution in [0.15, 0.2) is 4.52 Å². The zero-order chi connectivity index (χ0) is 16.4. The van der Waals surface area contributed by atoms with Crippen LogP contribution in [0.25, 0.3) is 0 Å². The largest absolute Gasteiger partial charge is 0.359 e. The Hall–Kier alpha value is -1.81. The number of aromatic nitrogens is 1. The fourth-order valence-corrected chi connectivity index (χ4v) is 2.74. The van der Waals surface area contributed by atoms with E-state index in [4.69, 9.17) is 9.36 Å². The van der Waals surface area contributed by atoms with E-state index in [2.05, 4.69) is 45.3 Å². The van der Waals surface area contributed by atoms with E-state index in [-0.39, 0.29) is 0 Å². The molecule has 1 heterocycles. The highest BCUT2D eigenvalue weighted by atomic mass is 16.6. The highest BCUT2D eigenvalue weighted by Crippen LogP contribution is 2.26. The van der Waals surface area contributed by atoms with Crippen LogP contribution in [0.3, 0.4) is 0 Å². The molecule has 2 rings (SSSR count). The lowest BCUT2D eigenvalue weighted by Crippen LogP contribution is -2.10. The molecular weight excluding hydrogens is 276 g/mol. The third-order valence-electron chi connectivity index (χ3n) is 4.94. The summed E-state index contributed by atoms with van der Waals surface area (Å²) in [6.45, 7) is 15.4. The summed E-state index contributed by atoms with van der Waals surface area (Å²) in [4.78, 5) is 5.57. The highest BCUT2D eigenvalue weighted by molar-refractivity contribution is 5.49. The van der Waals surface area contributed by atoms with Gasteiger partial charge in [0.1, 0.15) is 5.76 Å². The minimum atomic E-state index is 0.592. The Kier molecular flexibility index (Phi) is 4.91. The lowest BCUT2D eigenvalue weighted by Gasteiger charge is -2.18. The molecule has 0 fully saturated rings. The standard InChI is InChI=1S/C18H26N2O2/c1-10-11(2)13(4)17(14(5)12(10)3)8-9-21-19-18-15(6)16(7)22-20-18/h8-9H2,1-7H3,(H,19,20). The van der Waals surface area contributed by atoms with E-state index in [1.807, 2.05) is 13.8 Å². The van der Waals surface area contributed by atoms with Crippen molar-refractivity contribution in [3.8, 4) is 0 Å². The average Bonchev–Trinajstić information content (AvgIpc) is 2.82. The quantitative estimate of drug-likeness (QED) is 0.656. The van der Waals surface area contributed by atoms with Crippen molar-refractivity contribution in [1.82, 2.24) is 5.16 Å². The molecule has 0 aliphatic heterocycles. The highest BCUT2D eigenvalue weighted by Gasteiger charge is 2.12. The number of anilines is 1. The van der Waals surface area contributed by atoms with Crippen molar-refractivity contribution >= 4 is 5.82 Å². The molecule has 1 N–H and O–H groups in total. The molecule has 2 aromatic rings. The first-order chi connectivity index (χ1) is 10.3. The molecule has 22 heavy (non-hydrogen) atoms. The van der Waals surface area contributed by atoms with E-state index in [0.717, 1.165) is 17.7 Å². The molecular formula is C18H26N2O2. The van der Waals surface area contributed by atoms with Gasteiger partial charge >= 0.3 is 0 Å². The van der Waals surface area contributed by atoms with Gasteiger partial charge in [-0.2, -0.15) is 0 Å². The second-order valence-electron chi connectivity index (χ2n) is 6.02. The summed E-state index contributed by atoms with van der Waals surface area (Å²) in [5.41, 5.74) is 12.2. The van der Waals surface area contributed by atoms with E-state index in [1.54, 1.807) is 0 Å². The summed E-state index contributed by atoms with van der Waals surface area (Å²) in [6, 6.07) is 0. The van der Waals surface area contributed by atoms with Crippen LogP contribution in [0.1, 0.15) is 44.7 Å². The maximum absolute atomic E-state index is 5.57. The molecule has 0 radical (unpaired) electrons. The lowest BCUT2D eigenvalue weighted by atomic mass is 9.88. The Bertz CT molecular complexity index is 658. The van der Waals surface area contributed by atoms with Crippen LogP contribution in [-0.4, -0.2) is 11.8 Å². The van der Waals surface area contributed by atoms with Gasteiger partial charge in [0.05, 0.1) is 6.61 Å². The number of aryl methyl sites for hydroxylation is 1. The fourth-order valence-electron chi connectivity index (χ4n) is 2.74. The predicted octanol–water partition coefficient (Wildman–Crippen LogP) is 4.42. The molecule has 0 unspecified atom stereocenters. The fraction of sp³-hybridized carbons (Fsp3) is 0.500. The molecule has 120 valence electrons. The van der Waals surface area contributed by atoms with E-state index < -0.39 is 0 Å². The first-order valence-electron chi connectivity index (χ1n) is 7.71. The van der Waals surface area contributed by atoms with Gasteiger partial charge in [0.15, 0.2) is 5.82 Å². The normalized spacial score (nSPS) is 11.0.